The van der Waals surface area contributed by atoms with Gasteiger partial charge in [0, 0.05) is 22.9 Å². The minimum absolute atomic E-state index is 0.0574. The van der Waals surface area contributed by atoms with Gasteiger partial charge in [0.25, 0.3) is 5.91 Å². The van der Waals surface area contributed by atoms with Gasteiger partial charge in [0.2, 0.25) is 0 Å². The van der Waals surface area contributed by atoms with E-state index in [-0.39, 0.29) is 18.2 Å². The number of amides is 1. The third kappa shape index (κ3) is 3.65. The van der Waals surface area contributed by atoms with Crippen LogP contribution in [0, 0.1) is 5.92 Å². The van der Waals surface area contributed by atoms with Gasteiger partial charge in [0.05, 0.1) is 13.0 Å². The van der Waals surface area contributed by atoms with Crippen molar-refractivity contribution in [3.05, 3.63) is 53.6 Å². The molecule has 0 saturated heterocycles. The molecule has 2 aromatic carbocycles. The van der Waals surface area contributed by atoms with E-state index in [0.29, 0.717) is 30.0 Å². The molecule has 0 spiro atoms. The van der Waals surface area contributed by atoms with Crippen molar-refractivity contribution in [2.45, 2.75) is 12.8 Å². The molecule has 3 rings (SSSR count). The zero-order valence-electron chi connectivity index (χ0n) is 13.0. The van der Waals surface area contributed by atoms with Gasteiger partial charge in [0.15, 0.2) is 0 Å². The minimum atomic E-state index is -0.833. The van der Waals surface area contributed by atoms with Crippen LogP contribution in [0.25, 0.3) is 0 Å². The van der Waals surface area contributed by atoms with E-state index >= 15 is 0 Å². The smallest absolute Gasteiger partial charge is 0.303 e. The van der Waals surface area contributed by atoms with Crippen LogP contribution in [0.1, 0.15) is 22.3 Å². The molecular weight excluding hydrogens is 308 g/mol. The van der Waals surface area contributed by atoms with Crippen LogP contribution in [-0.4, -0.2) is 23.6 Å². The Morgan fingerprint density at radius 2 is 1.96 bits per heavy atom. The number of aliphatic carboxylic acids is 1. The second-order valence-electron chi connectivity index (χ2n) is 5.88. The number of carboxylic acids is 1. The number of carbonyl (C=O) groups excluding carboxylic acids is 1. The molecule has 1 heterocycles. The first-order chi connectivity index (χ1) is 11.5. The fourth-order valence-electron chi connectivity index (χ4n) is 2.75. The van der Waals surface area contributed by atoms with Gasteiger partial charge in [-0.3, -0.25) is 9.59 Å². The summed E-state index contributed by atoms with van der Waals surface area (Å²) in [6, 6.07) is 12.1. The second-order valence-corrected chi connectivity index (χ2v) is 5.88. The molecule has 1 aliphatic rings. The van der Waals surface area contributed by atoms with Crippen molar-refractivity contribution in [1.29, 1.82) is 0 Å². The summed E-state index contributed by atoms with van der Waals surface area (Å²) < 4.78 is 5.60. The molecule has 1 atom stereocenters. The monoisotopic (exact) mass is 326 g/mol. The second kappa shape index (κ2) is 6.62. The number of rotatable bonds is 4. The van der Waals surface area contributed by atoms with Gasteiger partial charge in [-0.2, -0.15) is 0 Å². The molecule has 0 aliphatic carbocycles. The van der Waals surface area contributed by atoms with Crippen molar-refractivity contribution in [3.63, 3.8) is 0 Å². The molecule has 24 heavy (non-hydrogen) atoms. The molecule has 0 bridgehead atoms. The first-order valence-corrected chi connectivity index (χ1v) is 7.65. The van der Waals surface area contributed by atoms with Gasteiger partial charge in [-0.25, -0.2) is 0 Å². The molecule has 0 aromatic heterocycles. The average Bonchev–Trinajstić information content (AvgIpc) is 2.54. The topological polar surface area (TPSA) is 102 Å². The molecular formula is C18H18N2O4. The Morgan fingerprint density at radius 3 is 2.67 bits per heavy atom. The van der Waals surface area contributed by atoms with Crippen molar-refractivity contribution < 1.29 is 19.4 Å². The number of hydrogen-bond acceptors (Lipinski definition) is 4. The summed E-state index contributed by atoms with van der Waals surface area (Å²) in [5, 5.41) is 11.7. The highest BCUT2D eigenvalue weighted by Gasteiger charge is 2.22. The number of benzene rings is 2. The predicted octanol–water partition coefficient (Wildman–Crippen LogP) is 2.55. The largest absolute Gasteiger partial charge is 0.493 e. The fraction of sp³-hybridized carbons (Fsp3) is 0.222. The lowest BCUT2D eigenvalue weighted by Crippen LogP contribution is -2.23. The Hall–Kier alpha value is -3.02. The Morgan fingerprint density at radius 1 is 1.21 bits per heavy atom. The van der Waals surface area contributed by atoms with Gasteiger partial charge in [-0.05, 0) is 54.4 Å². The van der Waals surface area contributed by atoms with Crippen LogP contribution in [0.3, 0.4) is 0 Å². The number of nitrogens with one attached hydrogen (secondary N) is 1. The SMILES string of the molecule is Nc1ccc(C(=O)Nc2ccc3c(c2)CC(CC(=O)O)CO3)cc1. The highest BCUT2D eigenvalue weighted by molar-refractivity contribution is 6.04. The van der Waals surface area contributed by atoms with Crippen molar-refractivity contribution >= 4 is 23.3 Å². The lowest BCUT2D eigenvalue weighted by molar-refractivity contribution is -0.138. The third-order valence-corrected chi connectivity index (χ3v) is 3.94. The molecule has 124 valence electrons. The Kier molecular flexibility index (Phi) is 4.37. The zero-order valence-corrected chi connectivity index (χ0v) is 13.0. The van der Waals surface area contributed by atoms with E-state index in [2.05, 4.69) is 5.32 Å². The van der Waals surface area contributed by atoms with Crippen LogP contribution >= 0.6 is 0 Å². The van der Waals surface area contributed by atoms with Crippen LogP contribution < -0.4 is 15.8 Å². The van der Waals surface area contributed by atoms with Gasteiger partial charge in [-0.1, -0.05) is 0 Å². The molecule has 1 aliphatic heterocycles. The molecule has 1 unspecified atom stereocenters. The molecule has 0 saturated carbocycles. The van der Waals surface area contributed by atoms with Crippen molar-refractivity contribution in [3.8, 4) is 5.75 Å². The Balaban J connectivity index is 1.72. The summed E-state index contributed by atoms with van der Waals surface area (Å²) in [4.78, 5) is 23.1. The van der Waals surface area contributed by atoms with Crippen molar-refractivity contribution in [2.75, 3.05) is 17.7 Å². The van der Waals surface area contributed by atoms with Crippen molar-refractivity contribution in [2.24, 2.45) is 5.92 Å². The first kappa shape index (κ1) is 15.9. The highest BCUT2D eigenvalue weighted by Crippen LogP contribution is 2.31. The normalized spacial score (nSPS) is 15.9. The van der Waals surface area contributed by atoms with Gasteiger partial charge >= 0.3 is 5.97 Å². The maximum absolute atomic E-state index is 12.2. The summed E-state index contributed by atoms with van der Waals surface area (Å²) in [6.07, 6.45) is 0.689. The maximum Gasteiger partial charge on any atom is 0.303 e. The van der Waals surface area contributed by atoms with E-state index in [9.17, 15) is 9.59 Å². The van der Waals surface area contributed by atoms with E-state index in [1.165, 1.54) is 0 Å². The van der Waals surface area contributed by atoms with Gasteiger partial charge in [0.1, 0.15) is 5.75 Å². The molecule has 0 radical (unpaired) electrons. The zero-order chi connectivity index (χ0) is 17.1. The molecule has 2 aromatic rings. The van der Waals surface area contributed by atoms with Gasteiger partial charge in [-0.15, -0.1) is 0 Å². The minimum Gasteiger partial charge on any atom is -0.493 e. The van der Waals surface area contributed by atoms with Crippen LogP contribution in [-0.2, 0) is 11.2 Å². The lowest BCUT2D eigenvalue weighted by atomic mass is 9.94. The van der Waals surface area contributed by atoms with Crippen LogP contribution in [0.15, 0.2) is 42.5 Å². The number of hydrogen-bond donors (Lipinski definition) is 3. The summed E-state index contributed by atoms with van der Waals surface area (Å²) in [6.45, 7) is 0.399. The molecule has 1 amide bonds. The summed E-state index contributed by atoms with van der Waals surface area (Å²) in [5.74, 6) is -0.381. The Labute approximate surface area is 139 Å². The molecule has 0 fully saturated rings. The van der Waals surface area contributed by atoms with Crippen LogP contribution in [0.4, 0.5) is 11.4 Å². The summed E-state index contributed by atoms with van der Waals surface area (Å²) >= 11 is 0. The lowest BCUT2D eigenvalue weighted by Gasteiger charge is -2.24. The fourth-order valence-corrected chi connectivity index (χ4v) is 2.75. The number of nitrogens with two attached hydrogens (primary N) is 1. The Bertz CT molecular complexity index is 771. The maximum atomic E-state index is 12.2. The number of carboxylic acid groups (broad SMARTS) is 1. The van der Waals surface area contributed by atoms with E-state index in [1.807, 2.05) is 6.07 Å². The highest BCUT2D eigenvalue weighted by atomic mass is 16.5. The number of carbonyl (C=O) groups is 2. The molecule has 4 N–H and O–H groups in total. The average molecular weight is 326 g/mol. The van der Waals surface area contributed by atoms with Crippen LogP contribution in [0.2, 0.25) is 0 Å². The van der Waals surface area contributed by atoms with Crippen molar-refractivity contribution in [1.82, 2.24) is 0 Å². The van der Waals surface area contributed by atoms with E-state index in [1.54, 1.807) is 36.4 Å². The quantitative estimate of drug-likeness (QED) is 0.750. The van der Waals surface area contributed by atoms with Crippen LogP contribution in [0.5, 0.6) is 5.75 Å². The summed E-state index contributed by atoms with van der Waals surface area (Å²) in [7, 11) is 0. The summed E-state index contributed by atoms with van der Waals surface area (Å²) in [5.41, 5.74) is 8.28. The number of fused-ring (bicyclic) bond motifs is 1. The van der Waals surface area contributed by atoms with E-state index in [0.717, 1.165) is 11.3 Å². The number of anilines is 2. The third-order valence-electron chi connectivity index (χ3n) is 3.94. The first-order valence-electron chi connectivity index (χ1n) is 7.65. The van der Waals surface area contributed by atoms with E-state index in [4.69, 9.17) is 15.6 Å². The molecule has 6 heteroatoms. The predicted molar refractivity (Wildman–Crippen MR) is 90.2 cm³/mol. The van der Waals surface area contributed by atoms with E-state index < -0.39 is 5.97 Å². The standard InChI is InChI=1S/C18H18N2O4/c19-14-3-1-12(2-4-14)18(23)20-15-5-6-16-13(9-15)7-11(10-24-16)8-17(21)22/h1-6,9,11H,7-8,10,19H2,(H,20,23)(H,21,22). The molecule has 6 nitrogen and oxygen atoms in total. The van der Waals surface area contributed by atoms with Gasteiger partial charge < -0.3 is 20.9 Å². The number of ether oxygens (including phenoxy) is 1. The number of nitrogen functional groups attached to an aromatic ring is 1.